The lowest BCUT2D eigenvalue weighted by molar-refractivity contribution is 0.587. The molecule has 6 aromatic rings. The van der Waals surface area contributed by atoms with E-state index in [1.807, 2.05) is 10.9 Å². The molecule has 3 aliphatic heterocycles. The first-order chi connectivity index (χ1) is 22.9. The fourth-order valence-corrected chi connectivity index (χ4v) is 8.84. The molecular formula is C43H41N5. The Kier molecular flexibility index (Phi) is 5.72. The zero-order chi connectivity index (χ0) is 33.3. The van der Waals surface area contributed by atoms with E-state index in [1.54, 1.807) is 0 Å². The number of anilines is 6. The van der Waals surface area contributed by atoms with Gasteiger partial charge < -0.3 is 4.90 Å². The Morgan fingerprint density at radius 1 is 0.500 bits per heavy atom. The Balaban J connectivity index is 1.35. The first-order valence-electron chi connectivity index (χ1n) is 17.0. The summed E-state index contributed by atoms with van der Waals surface area (Å²) < 4.78 is 2.05. The van der Waals surface area contributed by atoms with E-state index in [0.29, 0.717) is 0 Å². The molecule has 0 N–H and O–H groups in total. The first-order valence-corrected chi connectivity index (χ1v) is 17.0. The number of fused-ring (bicyclic) bond motifs is 6. The number of nitrogens with zero attached hydrogens (tertiary/aromatic N) is 5. The fourth-order valence-electron chi connectivity index (χ4n) is 8.84. The van der Waals surface area contributed by atoms with Crippen LogP contribution in [-0.4, -0.2) is 14.8 Å². The third-order valence-corrected chi connectivity index (χ3v) is 11.4. The summed E-state index contributed by atoms with van der Waals surface area (Å²) in [5, 5.41) is 4.83. The monoisotopic (exact) mass is 627 g/mol. The fraction of sp³-hybridized carbons (Fsp3) is 0.256. The summed E-state index contributed by atoms with van der Waals surface area (Å²) in [6, 6.07) is 36.0. The van der Waals surface area contributed by atoms with Crippen molar-refractivity contribution in [1.82, 2.24) is 14.8 Å². The van der Waals surface area contributed by atoms with E-state index in [2.05, 4.69) is 162 Å². The van der Waals surface area contributed by atoms with Crippen LogP contribution in [0, 0.1) is 13.8 Å². The van der Waals surface area contributed by atoms with E-state index in [0.717, 1.165) is 28.6 Å². The molecule has 238 valence electrons. The molecule has 0 atom stereocenters. The Hall–Kier alpha value is -5.16. The molecule has 0 bridgehead atoms. The van der Waals surface area contributed by atoms with Crippen molar-refractivity contribution in [1.29, 1.82) is 0 Å². The molecule has 0 saturated carbocycles. The lowest BCUT2D eigenvalue weighted by Crippen LogP contribution is -2.39. The van der Waals surface area contributed by atoms with Gasteiger partial charge in [-0.1, -0.05) is 90.1 Å². The second-order valence-electron chi connectivity index (χ2n) is 15.4. The van der Waals surface area contributed by atoms with Gasteiger partial charge >= 0.3 is 0 Å². The first kappa shape index (κ1) is 29.0. The largest absolute Gasteiger partial charge is 0.310 e. The summed E-state index contributed by atoms with van der Waals surface area (Å²) in [5.74, 6) is 1.02. The highest BCUT2D eigenvalue weighted by molar-refractivity contribution is 5.95. The molecule has 0 radical (unpaired) electrons. The van der Waals surface area contributed by atoms with Crippen molar-refractivity contribution in [2.75, 3.05) is 9.80 Å². The second-order valence-corrected chi connectivity index (χ2v) is 15.4. The van der Waals surface area contributed by atoms with E-state index < -0.39 is 0 Å². The molecule has 48 heavy (non-hydrogen) atoms. The topological polar surface area (TPSA) is 37.2 Å². The van der Waals surface area contributed by atoms with Gasteiger partial charge in [0.1, 0.15) is 5.82 Å². The van der Waals surface area contributed by atoms with Crippen LogP contribution in [0.4, 0.5) is 34.3 Å². The highest BCUT2D eigenvalue weighted by Crippen LogP contribution is 2.62. The smallest absolute Gasteiger partial charge is 0.141 e. The van der Waals surface area contributed by atoms with Crippen LogP contribution >= 0.6 is 0 Å². The Labute approximate surface area is 283 Å². The van der Waals surface area contributed by atoms with E-state index in [-0.39, 0.29) is 16.2 Å². The number of para-hydroxylation sites is 2. The van der Waals surface area contributed by atoms with Crippen LogP contribution in [0.1, 0.15) is 86.3 Å². The van der Waals surface area contributed by atoms with Crippen molar-refractivity contribution < 1.29 is 0 Å². The normalized spacial score (nSPS) is 17.2. The molecule has 3 aliphatic rings. The molecule has 0 aliphatic carbocycles. The Morgan fingerprint density at radius 3 is 1.83 bits per heavy atom. The van der Waals surface area contributed by atoms with Gasteiger partial charge in [0.2, 0.25) is 0 Å². The van der Waals surface area contributed by atoms with Crippen molar-refractivity contribution in [3.8, 4) is 5.69 Å². The standard InChI is InChI=1S/C43H41N5/c1-26-22-27(2)48(45-26)29-15-11-14-28(23-29)46-36-20-10-9-16-30(36)41(3,4)34-24-35-38(25-37(34)46)47-39-31(17-12-18-32(39)43(35,7)8)42(5,6)33-19-13-21-44-40(33)47/h9-25H,1-8H3. The molecule has 0 saturated heterocycles. The van der Waals surface area contributed by atoms with E-state index in [1.165, 1.54) is 56.1 Å². The average molecular weight is 628 g/mol. The summed E-state index contributed by atoms with van der Waals surface area (Å²) in [5.41, 5.74) is 16.5. The molecule has 0 amide bonds. The van der Waals surface area contributed by atoms with Crippen molar-refractivity contribution in [2.45, 2.75) is 71.6 Å². The summed E-state index contributed by atoms with van der Waals surface area (Å²) in [6.45, 7) is 18.4. The highest BCUT2D eigenvalue weighted by Gasteiger charge is 2.48. The minimum atomic E-state index is -0.220. The van der Waals surface area contributed by atoms with Crippen molar-refractivity contribution >= 4 is 34.3 Å². The zero-order valence-corrected chi connectivity index (χ0v) is 29.1. The molecule has 5 heterocycles. The molecule has 4 aromatic carbocycles. The van der Waals surface area contributed by atoms with E-state index in [9.17, 15) is 0 Å². The van der Waals surface area contributed by atoms with Gasteiger partial charge in [0.25, 0.3) is 0 Å². The average Bonchev–Trinajstić information content (AvgIpc) is 3.41. The van der Waals surface area contributed by atoms with Gasteiger partial charge in [-0.05, 0) is 90.2 Å². The van der Waals surface area contributed by atoms with E-state index >= 15 is 0 Å². The molecule has 5 nitrogen and oxygen atoms in total. The van der Waals surface area contributed by atoms with Crippen LogP contribution < -0.4 is 9.80 Å². The maximum Gasteiger partial charge on any atom is 0.141 e. The minimum Gasteiger partial charge on any atom is -0.310 e. The van der Waals surface area contributed by atoms with Crippen LogP contribution in [-0.2, 0) is 16.2 Å². The van der Waals surface area contributed by atoms with Crippen LogP contribution in [0.5, 0.6) is 0 Å². The second kappa shape index (κ2) is 9.47. The molecule has 0 fully saturated rings. The number of aryl methyl sites for hydroxylation is 2. The van der Waals surface area contributed by atoms with Crippen LogP contribution in [0.3, 0.4) is 0 Å². The number of hydrogen-bond acceptors (Lipinski definition) is 4. The van der Waals surface area contributed by atoms with E-state index in [4.69, 9.17) is 10.1 Å². The third kappa shape index (κ3) is 3.67. The van der Waals surface area contributed by atoms with Gasteiger partial charge in [-0.3, -0.25) is 4.90 Å². The molecule has 0 spiro atoms. The SMILES string of the molecule is Cc1cc(C)n(-c2cccc(N3c4ccccc4C(C)(C)c4cc5c(cc43)N3c4ncccc4C(C)(C)c4cccc(c43)C5(C)C)c2)n1. The zero-order valence-electron chi connectivity index (χ0n) is 29.1. The third-order valence-electron chi connectivity index (χ3n) is 11.4. The highest BCUT2D eigenvalue weighted by atomic mass is 15.3. The van der Waals surface area contributed by atoms with Crippen molar-refractivity contribution in [3.63, 3.8) is 0 Å². The van der Waals surface area contributed by atoms with Crippen LogP contribution in [0.15, 0.2) is 103 Å². The number of aromatic nitrogens is 3. The minimum absolute atomic E-state index is 0.177. The molecule has 5 heteroatoms. The molecule has 0 unspecified atom stereocenters. The summed E-state index contributed by atoms with van der Waals surface area (Å²) in [4.78, 5) is 10.0. The number of benzene rings is 4. The summed E-state index contributed by atoms with van der Waals surface area (Å²) >= 11 is 0. The Morgan fingerprint density at radius 2 is 1.10 bits per heavy atom. The number of hydrogen-bond donors (Lipinski definition) is 0. The van der Waals surface area contributed by atoms with Crippen LogP contribution in [0.2, 0.25) is 0 Å². The summed E-state index contributed by atoms with van der Waals surface area (Å²) in [6.07, 6.45) is 1.94. The quantitative estimate of drug-likeness (QED) is 0.191. The van der Waals surface area contributed by atoms with Crippen molar-refractivity contribution in [2.24, 2.45) is 0 Å². The molecule has 2 aromatic heterocycles. The van der Waals surface area contributed by atoms with Gasteiger partial charge in [-0.2, -0.15) is 5.10 Å². The summed E-state index contributed by atoms with van der Waals surface area (Å²) in [7, 11) is 0. The number of pyridine rings is 1. The maximum atomic E-state index is 5.10. The van der Waals surface area contributed by atoms with Crippen LogP contribution in [0.25, 0.3) is 5.69 Å². The predicted molar refractivity (Wildman–Crippen MR) is 197 cm³/mol. The number of rotatable bonds is 2. The lowest BCUT2D eigenvalue weighted by atomic mass is 9.65. The van der Waals surface area contributed by atoms with Gasteiger partial charge in [0.15, 0.2) is 0 Å². The molecule has 9 rings (SSSR count). The predicted octanol–water partition coefficient (Wildman–Crippen LogP) is 10.7. The van der Waals surface area contributed by atoms with Gasteiger partial charge in [-0.15, -0.1) is 0 Å². The van der Waals surface area contributed by atoms with Gasteiger partial charge in [0, 0.05) is 39.4 Å². The van der Waals surface area contributed by atoms with Gasteiger partial charge in [-0.25, -0.2) is 9.67 Å². The molecular weight excluding hydrogens is 587 g/mol. The maximum absolute atomic E-state index is 5.10. The lowest BCUT2D eigenvalue weighted by Gasteiger charge is -2.50. The Bertz CT molecular complexity index is 2320. The van der Waals surface area contributed by atoms with Crippen molar-refractivity contribution in [3.05, 3.63) is 148 Å². The van der Waals surface area contributed by atoms with Gasteiger partial charge in [0.05, 0.1) is 34.1 Å².